The van der Waals surface area contributed by atoms with Gasteiger partial charge >= 0.3 is 0 Å². The second-order valence-corrected chi connectivity index (χ2v) is 3.53. The molecule has 0 aliphatic carbocycles. The minimum Gasteiger partial charge on any atom is -0.330 e. The molecule has 0 bridgehead atoms. The first-order chi connectivity index (χ1) is 7.38. The van der Waals surface area contributed by atoms with Gasteiger partial charge in [-0.2, -0.15) is 5.10 Å². The normalized spacial score (nSPS) is 10.5. The largest absolute Gasteiger partial charge is 0.330 e. The van der Waals surface area contributed by atoms with Crippen molar-refractivity contribution in [1.82, 2.24) is 9.78 Å². The van der Waals surface area contributed by atoms with Crippen LogP contribution in [0.5, 0.6) is 0 Å². The molecule has 0 saturated heterocycles. The SMILES string of the molecule is NCCc1ccn(Cc2ccccc2)n1. The summed E-state index contributed by atoms with van der Waals surface area (Å²) in [6, 6.07) is 12.3. The van der Waals surface area contributed by atoms with Gasteiger partial charge in [-0.15, -0.1) is 0 Å². The van der Waals surface area contributed by atoms with Crippen LogP contribution in [-0.4, -0.2) is 16.3 Å². The van der Waals surface area contributed by atoms with Crippen LogP contribution < -0.4 is 5.73 Å². The Morgan fingerprint density at radius 3 is 2.67 bits per heavy atom. The molecule has 78 valence electrons. The molecule has 0 aliphatic rings. The molecule has 0 unspecified atom stereocenters. The Morgan fingerprint density at radius 1 is 1.13 bits per heavy atom. The molecule has 2 N–H and O–H groups in total. The third-order valence-corrected chi connectivity index (χ3v) is 2.28. The Labute approximate surface area is 89.5 Å². The molecular weight excluding hydrogens is 186 g/mol. The number of rotatable bonds is 4. The van der Waals surface area contributed by atoms with Gasteiger partial charge in [0.25, 0.3) is 0 Å². The summed E-state index contributed by atoms with van der Waals surface area (Å²) in [4.78, 5) is 0. The first-order valence-corrected chi connectivity index (χ1v) is 5.15. The summed E-state index contributed by atoms with van der Waals surface area (Å²) in [5.41, 5.74) is 7.80. The van der Waals surface area contributed by atoms with Crippen LogP contribution in [0.2, 0.25) is 0 Å². The Morgan fingerprint density at radius 2 is 1.93 bits per heavy atom. The van der Waals surface area contributed by atoms with Gasteiger partial charge in [0, 0.05) is 12.6 Å². The molecule has 3 heteroatoms. The van der Waals surface area contributed by atoms with Crippen LogP contribution >= 0.6 is 0 Å². The molecule has 1 heterocycles. The van der Waals surface area contributed by atoms with Crippen molar-refractivity contribution in [1.29, 1.82) is 0 Å². The van der Waals surface area contributed by atoms with Gasteiger partial charge in [0.1, 0.15) is 0 Å². The van der Waals surface area contributed by atoms with Gasteiger partial charge in [-0.3, -0.25) is 4.68 Å². The van der Waals surface area contributed by atoms with Crippen molar-refractivity contribution in [2.24, 2.45) is 5.73 Å². The Hall–Kier alpha value is -1.61. The van der Waals surface area contributed by atoms with E-state index in [0.717, 1.165) is 18.7 Å². The summed E-state index contributed by atoms with van der Waals surface area (Å²) in [5, 5.41) is 4.43. The van der Waals surface area contributed by atoms with Crippen LogP contribution in [0.15, 0.2) is 42.6 Å². The van der Waals surface area contributed by atoms with Crippen LogP contribution in [0, 0.1) is 0 Å². The van der Waals surface area contributed by atoms with Crippen molar-refractivity contribution >= 4 is 0 Å². The molecule has 0 atom stereocenters. The highest BCUT2D eigenvalue weighted by molar-refractivity contribution is 5.15. The lowest BCUT2D eigenvalue weighted by Crippen LogP contribution is -2.05. The minimum absolute atomic E-state index is 0.655. The fourth-order valence-electron chi connectivity index (χ4n) is 1.54. The number of aromatic nitrogens is 2. The Balaban J connectivity index is 2.05. The predicted octanol–water partition coefficient (Wildman–Crippen LogP) is 1.43. The van der Waals surface area contributed by atoms with E-state index in [0.29, 0.717) is 6.54 Å². The molecule has 15 heavy (non-hydrogen) atoms. The highest BCUT2D eigenvalue weighted by atomic mass is 15.3. The van der Waals surface area contributed by atoms with Gasteiger partial charge < -0.3 is 5.73 Å². The van der Waals surface area contributed by atoms with Gasteiger partial charge in [0.05, 0.1) is 12.2 Å². The first-order valence-electron chi connectivity index (χ1n) is 5.15. The summed E-state index contributed by atoms with van der Waals surface area (Å²) in [6.07, 6.45) is 2.85. The van der Waals surface area contributed by atoms with Crippen molar-refractivity contribution in [2.45, 2.75) is 13.0 Å². The average molecular weight is 201 g/mol. The zero-order valence-electron chi connectivity index (χ0n) is 8.63. The highest BCUT2D eigenvalue weighted by Crippen LogP contribution is 2.03. The first kappa shape index (κ1) is 9.93. The molecule has 0 spiro atoms. The monoisotopic (exact) mass is 201 g/mol. The molecule has 3 nitrogen and oxygen atoms in total. The lowest BCUT2D eigenvalue weighted by Gasteiger charge is -2.00. The third kappa shape index (κ3) is 2.67. The minimum atomic E-state index is 0.655. The van der Waals surface area contributed by atoms with Crippen molar-refractivity contribution in [3.63, 3.8) is 0 Å². The van der Waals surface area contributed by atoms with E-state index in [2.05, 4.69) is 17.2 Å². The number of hydrogen-bond donors (Lipinski definition) is 1. The Kier molecular flexibility index (Phi) is 3.15. The van der Waals surface area contributed by atoms with E-state index in [4.69, 9.17) is 5.73 Å². The predicted molar refractivity (Wildman–Crippen MR) is 60.5 cm³/mol. The number of hydrogen-bond acceptors (Lipinski definition) is 2. The molecule has 0 saturated carbocycles. The van der Waals surface area contributed by atoms with Crippen LogP contribution in [-0.2, 0) is 13.0 Å². The molecular formula is C12H15N3. The summed E-state index contributed by atoms with van der Waals surface area (Å²) in [7, 11) is 0. The maximum absolute atomic E-state index is 5.47. The smallest absolute Gasteiger partial charge is 0.0659 e. The van der Waals surface area contributed by atoms with Gasteiger partial charge in [-0.05, 0) is 18.2 Å². The van der Waals surface area contributed by atoms with Crippen molar-refractivity contribution in [3.8, 4) is 0 Å². The van der Waals surface area contributed by atoms with Crippen LogP contribution in [0.1, 0.15) is 11.3 Å². The molecule has 2 aromatic rings. The van der Waals surface area contributed by atoms with Crippen LogP contribution in [0.4, 0.5) is 0 Å². The second-order valence-electron chi connectivity index (χ2n) is 3.53. The van der Waals surface area contributed by atoms with E-state index in [-0.39, 0.29) is 0 Å². The molecule has 0 amide bonds. The summed E-state index contributed by atoms with van der Waals surface area (Å²) < 4.78 is 1.94. The molecule has 0 radical (unpaired) electrons. The van der Waals surface area contributed by atoms with Crippen molar-refractivity contribution < 1.29 is 0 Å². The molecule has 1 aromatic heterocycles. The maximum atomic E-state index is 5.47. The second kappa shape index (κ2) is 4.75. The third-order valence-electron chi connectivity index (χ3n) is 2.28. The molecule has 2 rings (SSSR count). The zero-order chi connectivity index (χ0) is 10.5. The lowest BCUT2D eigenvalue weighted by atomic mass is 10.2. The van der Waals surface area contributed by atoms with E-state index in [1.165, 1.54) is 5.56 Å². The number of nitrogens with two attached hydrogens (primary N) is 1. The number of nitrogens with zero attached hydrogens (tertiary/aromatic N) is 2. The summed E-state index contributed by atoms with van der Waals surface area (Å²) in [6.45, 7) is 1.48. The average Bonchev–Trinajstić information content (AvgIpc) is 2.68. The molecule has 1 aromatic carbocycles. The summed E-state index contributed by atoms with van der Waals surface area (Å²) >= 11 is 0. The van der Waals surface area contributed by atoms with E-state index in [1.807, 2.05) is 35.1 Å². The van der Waals surface area contributed by atoms with Gasteiger partial charge in [-0.1, -0.05) is 30.3 Å². The molecule has 0 aliphatic heterocycles. The summed E-state index contributed by atoms with van der Waals surface area (Å²) in [5.74, 6) is 0. The Bertz CT molecular complexity index is 406. The standard InChI is InChI=1S/C12H15N3/c13-8-6-12-7-9-15(14-12)10-11-4-2-1-3-5-11/h1-5,7,9H,6,8,10,13H2. The van der Waals surface area contributed by atoms with Gasteiger partial charge in [0.15, 0.2) is 0 Å². The van der Waals surface area contributed by atoms with E-state index < -0.39 is 0 Å². The topological polar surface area (TPSA) is 43.8 Å². The van der Waals surface area contributed by atoms with Gasteiger partial charge in [-0.25, -0.2) is 0 Å². The lowest BCUT2D eigenvalue weighted by molar-refractivity contribution is 0.670. The maximum Gasteiger partial charge on any atom is 0.0659 e. The van der Waals surface area contributed by atoms with Crippen LogP contribution in [0.25, 0.3) is 0 Å². The van der Waals surface area contributed by atoms with E-state index in [1.54, 1.807) is 0 Å². The molecule has 0 fully saturated rings. The van der Waals surface area contributed by atoms with E-state index >= 15 is 0 Å². The fourth-order valence-corrected chi connectivity index (χ4v) is 1.54. The number of benzene rings is 1. The van der Waals surface area contributed by atoms with Crippen LogP contribution in [0.3, 0.4) is 0 Å². The van der Waals surface area contributed by atoms with Gasteiger partial charge in [0.2, 0.25) is 0 Å². The zero-order valence-corrected chi connectivity index (χ0v) is 8.63. The van der Waals surface area contributed by atoms with E-state index in [9.17, 15) is 0 Å². The quantitative estimate of drug-likeness (QED) is 0.813. The fraction of sp³-hybridized carbons (Fsp3) is 0.250. The van der Waals surface area contributed by atoms with Crippen molar-refractivity contribution in [2.75, 3.05) is 6.54 Å². The van der Waals surface area contributed by atoms with Crippen molar-refractivity contribution in [3.05, 3.63) is 53.9 Å². The highest BCUT2D eigenvalue weighted by Gasteiger charge is 1.98.